The summed E-state index contributed by atoms with van der Waals surface area (Å²) in [5.41, 5.74) is 3.14. The number of nitrogens with one attached hydrogen (secondary N) is 1. The maximum atomic E-state index is 12.5. The van der Waals surface area contributed by atoms with E-state index < -0.39 is 15.6 Å². The van der Waals surface area contributed by atoms with Crippen molar-refractivity contribution in [2.75, 3.05) is 18.8 Å². The monoisotopic (exact) mass is 348 g/mol. The lowest BCUT2D eigenvalue weighted by Gasteiger charge is -2.30. The van der Waals surface area contributed by atoms with Gasteiger partial charge >= 0.3 is 0 Å². The van der Waals surface area contributed by atoms with Crippen LogP contribution in [0.3, 0.4) is 0 Å². The van der Waals surface area contributed by atoms with Crippen LogP contribution in [0.25, 0.3) is 5.57 Å². The molecule has 5 nitrogen and oxygen atoms in total. The van der Waals surface area contributed by atoms with Crippen LogP contribution < -0.4 is 4.72 Å². The molecule has 1 fully saturated rings. The van der Waals surface area contributed by atoms with E-state index in [0.717, 1.165) is 6.42 Å². The van der Waals surface area contributed by atoms with Crippen LogP contribution in [-0.2, 0) is 14.8 Å². The van der Waals surface area contributed by atoms with Crippen LogP contribution in [-0.4, -0.2) is 43.6 Å². The molecule has 0 bridgehead atoms. The van der Waals surface area contributed by atoms with Gasteiger partial charge in [0.15, 0.2) is 0 Å². The number of nitrogens with zero attached hydrogens (tertiary/aromatic N) is 1. The highest BCUT2D eigenvalue weighted by molar-refractivity contribution is 7.89. The largest absolute Gasteiger partial charge is 0.339 e. The maximum Gasteiger partial charge on any atom is 0.224 e. The third-order valence-corrected chi connectivity index (χ3v) is 6.46. The minimum Gasteiger partial charge on any atom is -0.339 e. The molecule has 0 aliphatic carbocycles. The predicted octanol–water partition coefficient (Wildman–Crippen LogP) is 2.08. The first kappa shape index (κ1) is 17.2. The van der Waals surface area contributed by atoms with E-state index in [4.69, 9.17) is 0 Å². The molecular weight excluding hydrogens is 324 g/mol. The van der Waals surface area contributed by atoms with Crippen molar-refractivity contribution in [1.29, 1.82) is 0 Å². The second-order valence-electron chi connectivity index (χ2n) is 7.04. The van der Waals surface area contributed by atoms with Crippen LogP contribution in [0.15, 0.2) is 30.3 Å². The summed E-state index contributed by atoms with van der Waals surface area (Å²) in [5, 5.41) is 0. The van der Waals surface area contributed by atoms with E-state index >= 15 is 0 Å². The van der Waals surface area contributed by atoms with Crippen LogP contribution >= 0.6 is 0 Å². The number of sulfonamides is 1. The molecule has 0 aromatic heterocycles. The topological polar surface area (TPSA) is 66.5 Å². The van der Waals surface area contributed by atoms with Crippen molar-refractivity contribution < 1.29 is 13.2 Å². The first-order valence-corrected chi connectivity index (χ1v) is 9.98. The molecular formula is C18H24N2O3S. The lowest BCUT2D eigenvalue weighted by atomic mass is 9.93. The van der Waals surface area contributed by atoms with Crippen LogP contribution in [0.5, 0.6) is 0 Å². The number of carbonyl (C=O) groups is 1. The SMILES string of the molecule is Cc1ccccc1C1=CCN(C(=O)CC2(C)CCS(=O)(=O)N2)CC1. The predicted molar refractivity (Wildman–Crippen MR) is 94.9 cm³/mol. The van der Waals surface area contributed by atoms with Crippen molar-refractivity contribution in [3.05, 3.63) is 41.5 Å². The van der Waals surface area contributed by atoms with Crippen LogP contribution in [0.2, 0.25) is 0 Å². The molecule has 24 heavy (non-hydrogen) atoms. The molecule has 1 aromatic carbocycles. The fourth-order valence-electron chi connectivity index (χ4n) is 3.48. The van der Waals surface area contributed by atoms with Crippen LogP contribution in [0.1, 0.15) is 37.3 Å². The number of aryl methyl sites for hydroxylation is 1. The summed E-state index contributed by atoms with van der Waals surface area (Å²) in [7, 11) is -3.21. The Labute approximate surface area is 143 Å². The Morgan fingerprint density at radius 1 is 1.33 bits per heavy atom. The molecule has 2 aliphatic heterocycles. The number of hydrogen-bond acceptors (Lipinski definition) is 3. The van der Waals surface area contributed by atoms with Crippen molar-refractivity contribution in [2.45, 2.75) is 38.6 Å². The van der Waals surface area contributed by atoms with Crippen molar-refractivity contribution in [3.63, 3.8) is 0 Å². The smallest absolute Gasteiger partial charge is 0.224 e. The third-order valence-electron chi connectivity index (χ3n) is 4.92. The molecule has 1 amide bonds. The quantitative estimate of drug-likeness (QED) is 0.909. The Balaban J connectivity index is 1.64. The van der Waals surface area contributed by atoms with Crippen molar-refractivity contribution in [1.82, 2.24) is 9.62 Å². The molecule has 0 radical (unpaired) electrons. The summed E-state index contributed by atoms with van der Waals surface area (Å²) >= 11 is 0. The van der Waals surface area contributed by atoms with Gasteiger partial charge in [-0.25, -0.2) is 13.1 Å². The van der Waals surface area contributed by atoms with Gasteiger partial charge in [-0.15, -0.1) is 0 Å². The van der Waals surface area contributed by atoms with Gasteiger partial charge in [0.1, 0.15) is 0 Å². The fourth-order valence-corrected chi connectivity index (χ4v) is 5.23. The lowest BCUT2D eigenvalue weighted by molar-refractivity contribution is -0.132. The molecule has 2 aliphatic rings. The highest BCUT2D eigenvalue weighted by Gasteiger charge is 2.39. The van der Waals surface area contributed by atoms with Crippen LogP contribution in [0, 0.1) is 6.92 Å². The van der Waals surface area contributed by atoms with Gasteiger partial charge < -0.3 is 4.90 Å². The molecule has 1 N–H and O–H groups in total. The standard InChI is InChI=1S/C18H24N2O3S/c1-14-5-3-4-6-16(14)15-7-10-20(11-8-15)17(21)13-18(2)9-12-24(22,23)19-18/h3-7,19H,8-13H2,1-2H3. The molecule has 1 unspecified atom stereocenters. The zero-order valence-electron chi connectivity index (χ0n) is 14.2. The van der Waals surface area contributed by atoms with E-state index in [1.807, 2.05) is 24.0 Å². The molecule has 130 valence electrons. The summed E-state index contributed by atoms with van der Waals surface area (Å²) < 4.78 is 25.8. The molecule has 1 atom stereocenters. The van der Waals surface area contributed by atoms with Gasteiger partial charge in [-0.3, -0.25) is 4.79 Å². The molecule has 0 saturated carbocycles. The molecule has 2 heterocycles. The van der Waals surface area contributed by atoms with Crippen molar-refractivity contribution in [3.8, 4) is 0 Å². The van der Waals surface area contributed by atoms with Gasteiger partial charge in [-0.1, -0.05) is 30.3 Å². The van der Waals surface area contributed by atoms with E-state index in [9.17, 15) is 13.2 Å². The van der Waals surface area contributed by atoms with Gasteiger partial charge in [0, 0.05) is 25.0 Å². The second-order valence-corrected chi connectivity index (χ2v) is 8.88. The van der Waals surface area contributed by atoms with Gasteiger partial charge in [0.25, 0.3) is 0 Å². The first-order chi connectivity index (χ1) is 11.3. The normalized spacial score (nSPS) is 26.2. The highest BCUT2D eigenvalue weighted by Crippen LogP contribution is 2.28. The number of benzene rings is 1. The number of amides is 1. The Bertz CT molecular complexity index is 785. The molecule has 1 saturated heterocycles. The van der Waals surface area contributed by atoms with E-state index in [2.05, 4.69) is 29.9 Å². The maximum absolute atomic E-state index is 12.5. The highest BCUT2D eigenvalue weighted by atomic mass is 32.2. The Morgan fingerprint density at radius 2 is 2.08 bits per heavy atom. The number of rotatable bonds is 3. The Morgan fingerprint density at radius 3 is 2.67 bits per heavy atom. The van der Waals surface area contributed by atoms with Gasteiger partial charge in [0.05, 0.1) is 5.75 Å². The summed E-state index contributed by atoms with van der Waals surface area (Å²) in [6.45, 7) is 5.18. The molecule has 0 spiro atoms. The number of hydrogen-bond donors (Lipinski definition) is 1. The number of carbonyl (C=O) groups excluding carboxylic acids is 1. The van der Waals surface area contributed by atoms with E-state index in [1.165, 1.54) is 16.7 Å². The summed E-state index contributed by atoms with van der Waals surface area (Å²) in [5.74, 6) is 0.121. The van der Waals surface area contributed by atoms with E-state index in [0.29, 0.717) is 19.5 Å². The minimum atomic E-state index is -3.21. The van der Waals surface area contributed by atoms with Gasteiger partial charge in [-0.2, -0.15) is 0 Å². The Hall–Kier alpha value is -1.66. The zero-order chi connectivity index (χ0) is 17.4. The average Bonchev–Trinajstić information content (AvgIpc) is 2.81. The van der Waals surface area contributed by atoms with Crippen molar-refractivity contribution >= 4 is 21.5 Å². The molecule has 1 aromatic rings. The lowest BCUT2D eigenvalue weighted by Crippen LogP contribution is -2.45. The van der Waals surface area contributed by atoms with E-state index in [1.54, 1.807) is 0 Å². The third kappa shape index (κ3) is 3.70. The van der Waals surface area contributed by atoms with Gasteiger partial charge in [-0.05, 0) is 43.4 Å². The van der Waals surface area contributed by atoms with Gasteiger partial charge in [0.2, 0.25) is 15.9 Å². The fraction of sp³-hybridized carbons (Fsp3) is 0.500. The summed E-state index contributed by atoms with van der Waals surface area (Å²) in [6.07, 6.45) is 3.66. The average molecular weight is 348 g/mol. The summed E-state index contributed by atoms with van der Waals surface area (Å²) in [4.78, 5) is 14.4. The zero-order valence-corrected chi connectivity index (χ0v) is 15.0. The second kappa shape index (κ2) is 6.33. The molecule has 3 rings (SSSR count). The van der Waals surface area contributed by atoms with Crippen molar-refractivity contribution in [2.24, 2.45) is 0 Å². The minimum absolute atomic E-state index is 0.0159. The molecule has 6 heteroatoms. The van der Waals surface area contributed by atoms with E-state index in [-0.39, 0.29) is 18.1 Å². The summed E-state index contributed by atoms with van der Waals surface area (Å²) in [6, 6.07) is 8.28. The van der Waals surface area contributed by atoms with Crippen LogP contribution in [0.4, 0.5) is 0 Å². The first-order valence-electron chi connectivity index (χ1n) is 8.32. The Kier molecular flexibility index (Phi) is 4.53.